The topological polar surface area (TPSA) is 12.0 Å². The highest BCUT2D eigenvalue weighted by molar-refractivity contribution is 7.07. The second-order valence-corrected chi connectivity index (χ2v) is 6.70. The van der Waals surface area contributed by atoms with Crippen LogP contribution in [-0.4, -0.2) is 18.5 Å². The first-order chi connectivity index (χ1) is 9.61. The first-order valence-corrected chi connectivity index (χ1v) is 8.67. The molecule has 0 aromatic carbocycles. The Morgan fingerprint density at radius 2 is 2.15 bits per heavy atom. The van der Waals surface area contributed by atoms with Crippen molar-refractivity contribution in [3.05, 3.63) is 22.4 Å². The second-order valence-electron chi connectivity index (χ2n) is 5.92. The second kappa shape index (κ2) is 7.51. The van der Waals surface area contributed by atoms with Crippen molar-refractivity contribution in [2.45, 2.75) is 63.8 Å². The molecule has 0 amide bonds. The van der Waals surface area contributed by atoms with Crippen LogP contribution in [0.15, 0.2) is 16.8 Å². The molecule has 0 spiro atoms. The van der Waals surface area contributed by atoms with E-state index in [1.165, 1.54) is 5.56 Å². The van der Waals surface area contributed by atoms with E-state index in [-0.39, 0.29) is 12.8 Å². The van der Waals surface area contributed by atoms with Gasteiger partial charge in [-0.3, -0.25) is 0 Å². The zero-order chi connectivity index (χ0) is 14.4. The van der Waals surface area contributed by atoms with Gasteiger partial charge in [-0.25, -0.2) is 8.78 Å². The van der Waals surface area contributed by atoms with Crippen LogP contribution >= 0.6 is 11.3 Å². The minimum atomic E-state index is -2.42. The van der Waals surface area contributed by atoms with Crippen LogP contribution in [0, 0.1) is 5.92 Å². The maximum absolute atomic E-state index is 13.3. The Bertz CT molecular complexity index is 368. The third-order valence-electron chi connectivity index (χ3n) is 4.31. The van der Waals surface area contributed by atoms with Crippen LogP contribution in [0.2, 0.25) is 0 Å². The molecule has 1 fully saturated rings. The van der Waals surface area contributed by atoms with Gasteiger partial charge in [0.15, 0.2) is 0 Å². The molecule has 1 saturated carbocycles. The van der Waals surface area contributed by atoms with E-state index in [1.54, 1.807) is 11.3 Å². The summed E-state index contributed by atoms with van der Waals surface area (Å²) in [5.74, 6) is -2.00. The predicted octanol–water partition coefficient (Wildman–Crippen LogP) is 4.87. The Balaban J connectivity index is 1.86. The standard InChI is InChI=1S/C16H25F2NS/c1-2-10-19-15(4-3-13-7-11-20-12-13)14-5-8-16(17,18)9-6-14/h7,11-12,14-15,19H,2-6,8-10H2,1H3. The van der Waals surface area contributed by atoms with Gasteiger partial charge in [-0.1, -0.05) is 6.92 Å². The quantitative estimate of drug-likeness (QED) is 0.757. The molecule has 1 N–H and O–H groups in total. The van der Waals surface area contributed by atoms with E-state index in [2.05, 4.69) is 29.1 Å². The molecule has 1 aromatic heterocycles. The molecule has 1 heterocycles. The number of rotatable bonds is 7. The monoisotopic (exact) mass is 301 g/mol. The van der Waals surface area contributed by atoms with Gasteiger partial charge in [0.25, 0.3) is 0 Å². The van der Waals surface area contributed by atoms with E-state index in [1.807, 2.05) is 0 Å². The Hall–Kier alpha value is -0.480. The van der Waals surface area contributed by atoms with Crippen molar-refractivity contribution in [2.75, 3.05) is 6.54 Å². The maximum Gasteiger partial charge on any atom is 0.248 e. The summed E-state index contributed by atoms with van der Waals surface area (Å²) in [4.78, 5) is 0. The van der Waals surface area contributed by atoms with Crippen molar-refractivity contribution in [2.24, 2.45) is 5.92 Å². The minimum absolute atomic E-state index is 0.0699. The lowest BCUT2D eigenvalue weighted by Gasteiger charge is -2.34. The molecule has 0 bridgehead atoms. The number of hydrogen-bond acceptors (Lipinski definition) is 2. The van der Waals surface area contributed by atoms with E-state index in [0.29, 0.717) is 24.8 Å². The van der Waals surface area contributed by atoms with Crippen molar-refractivity contribution >= 4 is 11.3 Å². The molecule has 1 aliphatic rings. The molecule has 0 radical (unpaired) electrons. The van der Waals surface area contributed by atoms with Gasteiger partial charge in [0, 0.05) is 18.9 Å². The smallest absolute Gasteiger partial charge is 0.248 e. The highest BCUT2D eigenvalue weighted by Gasteiger charge is 2.37. The largest absolute Gasteiger partial charge is 0.314 e. The summed E-state index contributed by atoms with van der Waals surface area (Å²) < 4.78 is 26.6. The lowest BCUT2D eigenvalue weighted by Crippen LogP contribution is -2.40. The summed E-state index contributed by atoms with van der Waals surface area (Å²) in [6.45, 7) is 3.14. The van der Waals surface area contributed by atoms with Gasteiger partial charge in [0.05, 0.1) is 0 Å². The van der Waals surface area contributed by atoms with Gasteiger partial charge >= 0.3 is 0 Å². The molecule has 1 aliphatic carbocycles. The molecule has 4 heteroatoms. The predicted molar refractivity (Wildman–Crippen MR) is 81.6 cm³/mol. The number of hydrogen-bond donors (Lipinski definition) is 1. The van der Waals surface area contributed by atoms with Crippen molar-refractivity contribution in [3.63, 3.8) is 0 Å². The Kier molecular flexibility index (Phi) is 5.97. The van der Waals surface area contributed by atoms with Gasteiger partial charge in [-0.15, -0.1) is 0 Å². The molecule has 1 aromatic rings. The van der Waals surface area contributed by atoms with Gasteiger partial charge < -0.3 is 5.32 Å². The van der Waals surface area contributed by atoms with E-state index < -0.39 is 5.92 Å². The fraction of sp³-hybridized carbons (Fsp3) is 0.750. The van der Waals surface area contributed by atoms with E-state index in [0.717, 1.165) is 25.8 Å². The molecule has 1 nitrogen and oxygen atoms in total. The van der Waals surface area contributed by atoms with E-state index in [9.17, 15) is 8.78 Å². The Morgan fingerprint density at radius 1 is 1.40 bits per heavy atom. The molecule has 1 atom stereocenters. The molecule has 0 saturated heterocycles. The highest BCUT2D eigenvalue weighted by atomic mass is 32.1. The number of alkyl halides is 2. The van der Waals surface area contributed by atoms with Crippen LogP contribution in [-0.2, 0) is 6.42 Å². The average Bonchev–Trinajstić information content (AvgIpc) is 2.93. The van der Waals surface area contributed by atoms with Crippen molar-refractivity contribution in [1.29, 1.82) is 0 Å². The molecule has 20 heavy (non-hydrogen) atoms. The number of aryl methyl sites for hydroxylation is 1. The lowest BCUT2D eigenvalue weighted by atomic mass is 9.80. The summed E-state index contributed by atoms with van der Waals surface area (Å²) in [7, 11) is 0. The SMILES string of the molecule is CCCNC(CCc1ccsc1)C1CCC(F)(F)CC1. The molecule has 114 valence electrons. The van der Waals surface area contributed by atoms with Gasteiger partial charge in [-0.2, -0.15) is 11.3 Å². The lowest BCUT2D eigenvalue weighted by molar-refractivity contribution is -0.0498. The molecule has 2 rings (SSSR count). The van der Waals surface area contributed by atoms with Gasteiger partial charge in [-0.05, 0) is 67.0 Å². The Labute approximate surface area is 124 Å². The fourth-order valence-corrected chi connectivity index (χ4v) is 3.76. The fourth-order valence-electron chi connectivity index (χ4n) is 3.06. The molecule has 0 aliphatic heterocycles. The highest BCUT2D eigenvalue weighted by Crippen LogP contribution is 2.38. The number of halogens is 2. The summed E-state index contributed by atoms with van der Waals surface area (Å²) in [5, 5.41) is 7.88. The van der Waals surface area contributed by atoms with E-state index >= 15 is 0 Å². The zero-order valence-electron chi connectivity index (χ0n) is 12.2. The van der Waals surface area contributed by atoms with Crippen LogP contribution in [0.4, 0.5) is 8.78 Å². The first-order valence-electron chi connectivity index (χ1n) is 7.73. The van der Waals surface area contributed by atoms with E-state index in [4.69, 9.17) is 0 Å². The maximum atomic E-state index is 13.3. The normalized spacial score (nSPS) is 20.9. The van der Waals surface area contributed by atoms with Crippen molar-refractivity contribution < 1.29 is 8.78 Å². The Morgan fingerprint density at radius 3 is 2.75 bits per heavy atom. The molecular formula is C16H25F2NS. The third kappa shape index (κ3) is 4.81. The van der Waals surface area contributed by atoms with Crippen LogP contribution in [0.5, 0.6) is 0 Å². The summed E-state index contributed by atoms with van der Waals surface area (Å²) in [6, 6.07) is 2.56. The van der Waals surface area contributed by atoms with Crippen molar-refractivity contribution in [3.8, 4) is 0 Å². The van der Waals surface area contributed by atoms with Crippen LogP contribution in [0.3, 0.4) is 0 Å². The molecule has 1 unspecified atom stereocenters. The average molecular weight is 301 g/mol. The summed E-state index contributed by atoms with van der Waals surface area (Å²) in [6.07, 6.45) is 4.68. The minimum Gasteiger partial charge on any atom is -0.314 e. The zero-order valence-corrected chi connectivity index (χ0v) is 13.0. The summed E-state index contributed by atoms with van der Waals surface area (Å²) in [5.41, 5.74) is 1.37. The van der Waals surface area contributed by atoms with Crippen LogP contribution < -0.4 is 5.32 Å². The van der Waals surface area contributed by atoms with Crippen LogP contribution in [0.1, 0.15) is 51.0 Å². The van der Waals surface area contributed by atoms with Gasteiger partial charge in [0.2, 0.25) is 5.92 Å². The first kappa shape index (κ1) is 15.9. The molecular weight excluding hydrogens is 276 g/mol. The van der Waals surface area contributed by atoms with Crippen molar-refractivity contribution in [1.82, 2.24) is 5.32 Å². The number of thiophene rings is 1. The van der Waals surface area contributed by atoms with Crippen LogP contribution in [0.25, 0.3) is 0 Å². The van der Waals surface area contributed by atoms with Gasteiger partial charge in [0.1, 0.15) is 0 Å². The number of nitrogens with one attached hydrogen (secondary N) is 1. The summed E-state index contributed by atoms with van der Waals surface area (Å²) >= 11 is 1.72. The third-order valence-corrected chi connectivity index (χ3v) is 5.04.